The third kappa shape index (κ3) is 1.08. The molecule has 0 aromatic heterocycles. The van der Waals surface area contributed by atoms with Crippen molar-refractivity contribution in [3.63, 3.8) is 0 Å². The lowest BCUT2D eigenvalue weighted by molar-refractivity contribution is 1.32. The lowest BCUT2D eigenvalue weighted by Crippen LogP contribution is -2.05. The van der Waals surface area contributed by atoms with Crippen molar-refractivity contribution < 1.29 is 0 Å². The van der Waals surface area contributed by atoms with Crippen LogP contribution < -0.4 is 5.32 Å². The van der Waals surface area contributed by atoms with E-state index < -0.39 is 0 Å². The molecular weight excluding hydrogens is 154 g/mol. The van der Waals surface area contributed by atoms with Crippen molar-refractivity contribution in [2.45, 2.75) is 10.3 Å². The highest BCUT2D eigenvalue weighted by molar-refractivity contribution is 8.00. The Morgan fingerprint density at radius 1 is 1.45 bits per heavy atom. The molecular formula is C9H7NS. The van der Waals surface area contributed by atoms with Gasteiger partial charge in [-0.25, -0.2) is 0 Å². The minimum Gasteiger partial charge on any atom is -0.362 e. The summed E-state index contributed by atoms with van der Waals surface area (Å²) in [7, 11) is 0. The minimum atomic E-state index is 0.118. The van der Waals surface area contributed by atoms with Crippen LogP contribution in [0.15, 0.2) is 29.2 Å². The number of anilines is 1. The summed E-state index contributed by atoms with van der Waals surface area (Å²) >= 11 is 1.69. The molecule has 1 aromatic rings. The second-order valence-corrected chi connectivity index (χ2v) is 3.45. The number of fused-ring (bicyclic) bond motifs is 1. The molecule has 0 radical (unpaired) electrons. The van der Waals surface area contributed by atoms with E-state index in [4.69, 9.17) is 6.42 Å². The quantitative estimate of drug-likeness (QED) is 0.585. The summed E-state index contributed by atoms with van der Waals surface area (Å²) in [6.45, 7) is 0. The molecule has 1 aromatic carbocycles. The van der Waals surface area contributed by atoms with Crippen molar-refractivity contribution in [3.8, 4) is 12.3 Å². The Morgan fingerprint density at radius 3 is 3.00 bits per heavy atom. The maximum atomic E-state index is 5.28. The third-order valence-corrected chi connectivity index (χ3v) is 2.67. The molecule has 2 rings (SSSR count). The van der Waals surface area contributed by atoms with Crippen LogP contribution in [0.3, 0.4) is 0 Å². The largest absolute Gasteiger partial charge is 0.362 e. The normalized spacial score (nSPS) is 20.1. The molecule has 0 fully saturated rings. The molecule has 0 saturated heterocycles. The van der Waals surface area contributed by atoms with Crippen LogP contribution in [0, 0.1) is 12.3 Å². The van der Waals surface area contributed by atoms with Crippen LogP contribution in [0.5, 0.6) is 0 Å². The summed E-state index contributed by atoms with van der Waals surface area (Å²) in [5.41, 5.74) is 1.15. The Kier molecular flexibility index (Phi) is 1.52. The van der Waals surface area contributed by atoms with Crippen LogP contribution >= 0.6 is 11.8 Å². The minimum absolute atomic E-state index is 0.118. The smallest absolute Gasteiger partial charge is 0.139 e. The predicted molar refractivity (Wildman–Crippen MR) is 48.5 cm³/mol. The summed E-state index contributed by atoms with van der Waals surface area (Å²) in [6.07, 6.45) is 5.28. The molecule has 54 valence electrons. The van der Waals surface area contributed by atoms with Crippen molar-refractivity contribution >= 4 is 17.4 Å². The van der Waals surface area contributed by atoms with Crippen LogP contribution in [0.2, 0.25) is 0 Å². The monoisotopic (exact) mass is 161 g/mol. The summed E-state index contributed by atoms with van der Waals surface area (Å²) in [6, 6.07) is 8.14. The molecule has 0 aliphatic carbocycles. The summed E-state index contributed by atoms with van der Waals surface area (Å²) in [5.74, 6) is 2.66. The van der Waals surface area contributed by atoms with E-state index >= 15 is 0 Å². The maximum absolute atomic E-state index is 5.28. The Bertz CT molecular complexity index is 289. The Balaban J connectivity index is 2.35. The fourth-order valence-electron chi connectivity index (χ4n) is 1.06. The Hall–Kier alpha value is -1.07. The Labute approximate surface area is 70.2 Å². The fourth-order valence-corrected chi connectivity index (χ4v) is 1.98. The molecule has 0 bridgehead atoms. The second-order valence-electron chi connectivity index (χ2n) is 2.31. The van der Waals surface area contributed by atoms with Crippen LogP contribution in [0.25, 0.3) is 0 Å². The number of terminal acetylenes is 1. The van der Waals surface area contributed by atoms with Gasteiger partial charge in [-0.3, -0.25) is 0 Å². The number of hydrogen-bond acceptors (Lipinski definition) is 2. The van der Waals surface area contributed by atoms with Crippen molar-refractivity contribution in [1.29, 1.82) is 0 Å². The van der Waals surface area contributed by atoms with Gasteiger partial charge in [-0.05, 0) is 12.1 Å². The number of nitrogens with one attached hydrogen (secondary N) is 1. The van der Waals surface area contributed by atoms with Crippen LogP contribution in [0.1, 0.15) is 0 Å². The molecule has 1 heterocycles. The zero-order valence-electron chi connectivity index (χ0n) is 5.87. The van der Waals surface area contributed by atoms with Gasteiger partial charge in [0.25, 0.3) is 0 Å². The zero-order valence-corrected chi connectivity index (χ0v) is 6.69. The average Bonchev–Trinajstić information content (AvgIpc) is 2.46. The maximum Gasteiger partial charge on any atom is 0.139 e. The van der Waals surface area contributed by atoms with E-state index in [-0.39, 0.29) is 5.37 Å². The van der Waals surface area contributed by atoms with E-state index in [9.17, 15) is 0 Å². The highest BCUT2D eigenvalue weighted by Crippen LogP contribution is 2.37. The number of hydrogen-bond donors (Lipinski definition) is 1. The first-order valence-electron chi connectivity index (χ1n) is 3.38. The van der Waals surface area contributed by atoms with E-state index in [1.54, 1.807) is 11.8 Å². The first kappa shape index (κ1) is 6.63. The lowest BCUT2D eigenvalue weighted by Gasteiger charge is -1.98. The highest BCUT2D eigenvalue weighted by atomic mass is 32.2. The van der Waals surface area contributed by atoms with E-state index in [1.165, 1.54) is 4.90 Å². The van der Waals surface area contributed by atoms with Gasteiger partial charge in [-0.2, -0.15) is 0 Å². The van der Waals surface area contributed by atoms with E-state index in [1.807, 2.05) is 18.2 Å². The van der Waals surface area contributed by atoms with Crippen LogP contribution in [-0.2, 0) is 0 Å². The van der Waals surface area contributed by atoms with Gasteiger partial charge in [0.15, 0.2) is 0 Å². The van der Waals surface area contributed by atoms with Crippen LogP contribution in [0.4, 0.5) is 5.69 Å². The molecule has 0 saturated carbocycles. The average molecular weight is 161 g/mol. The van der Waals surface area contributed by atoms with Crippen molar-refractivity contribution in [2.75, 3.05) is 5.32 Å². The summed E-state index contributed by atoms with van der Waals surface area (Å²) in [5, 5.41) is 3.33. The second kappa shape index (κ2) is 2.52. The highest BCUT2D eigenvalue weighted by Gasteiger charge is 2.17. The predicted octanol–water partition coefficient (Wildman–Crippen LogP) is 2.16. The third-order valence-electron chi connectivity index (χ3n) is 1.57. The molecule has 1 nitrogen and oxygen atoms in total. The van der Waals surface area contributed by atoms with Gasteiger partial charge in [0.2, 0.25) is 0 Å². The van der Waals surface area contributed by atoms with Crippen molar-refractivity contribution in [3.05, 3.63) is 24.3 Å². The topological polar surface area (TPSA) is 12.0 Å². The van der Waals surface area contributed by atoms with Crippen LogP contribution in [-0.4, -0.2) is 5.37 Å². The van der Waals surface area contributed by atoms with Gasteiger partial charge in [-0.1, -0.05) is 29.8 Å². The molecule has 1 N–H and O–H groups in total. The van der Waals surface area contributed by atoms with Gasteiger partial charge in [0.1, 0.15) is 5.37 Å². The zero-order chi connectivity index (χ0) is 7.68. The number of benzene rings is 1. The van der Waals surface area contributed by atoms with E-state index in [2.05, 4.69) is 17.3 Å². The summed E-state index contributed by atoms with van der Waals surface area (Å²) in [4.78, 5) is 1.25. The van der Waals surface area contributed by atoms with Gasteiger partial charge in [-0.15, -0.1) is 6.42 Å². The van der Waals surface area contributed by atoms with Gasteiger partial charge >= 0.3 is 0 Å². The summed E-state index contributed by atoms with van der Waals surface area (Å²) < 4.78 is 0. The molecule has 1 atom stereocenters. The SMILES string of the molecule is C#CC1Nc2ccccc2S1. The standard InChI is InChI=1S/C9H7NS/c1-2-9-10-7-5-3-4-6-8(7)11-9/h1,3-6,9-10H. The van der Waals surface area contributed by atoms with Gasteiger partial charge in [0.05, 0.1) is 0 Å². The number of thioether (sulfide) groups is 1. The lowest BCUT2D eigenvalue weighted by atomic mass is 10.3. The van der Waals surface area contributed by atoms with Crippen molar-refractivity contribution in [1.82, 2.24) is 0 Å². The molecule has 2 heteroatoms. The first-order chi connectivity index (χ1) is 5.40. The van der Waals surface area contributed by atoms with Gasteiger partial charge < -0.3 is 5.32 Å². The van der Waals surface area contributed by atoms with E-state index in [0.29, 0.717) is 0 Å². The number of para-hydroxylation sites is 1. The Morgan fingerprint density at radius 2 is 2.27 bits per heavy atom. The van der Waals surface area contributed by atoms with E-state index in [0.717, 1.165) is 5.69 Å². The first-order valence-corrected chi connectivity index (χ1v) is 4.26. The van der Waals surface area contributed by atoms with Gasteiger partial charge in [0, 0.05) is 10.6 Å². The number of rotatable bonds is 0. The molecule has 1 aliphatic heterocycles. The molecule has 0 spiro atoms. The molecule has 11 heavy (non-hydrogen) atoms. The van der Waals surface area contributed by atoms with Crippen molar-refractivity contribution in [2.24, 2.45) is 0 Å². The molecule has 1 aliphatic rings. The fraction of sp³-hybridized carbons (Fsp3) is 0.111. The molecule has 0 amide bonds. The molecule has 1 unspecified atom stereocenters.